The van der Waals surface area contributed by atoms with Gasteiger partial charge < -0.3 is 9.84 Å². The Balaban J connectivity index is 1.91. The Morgan fingerprint density at radius 2 is 2.08 bits per heavy atom. The summed E-state index contributed by atoms with van der Waals surface area (Å²) >= 11 is 6.44. The predicted octanol–water partition coefficient (Wildman–Crippen LogP) is 3.94. The van der Waals surface area contributed by atoms with Crippen LogP contribution < -0.4 is 4.74 Å². The lowest BCUT2D eigenvalue weighted by molar-refractivity contribution is 0.0759. The fourth-order valence-electron chi connectivity index (χ4n) is 2.64. The lowest BCUT2D eigenvalue weighted by Crippen LogP contribution is -2.30. The summed E-state index contributed by atoms with van der Waals surface area (Å²) in [7, 11) is 0. The summed E-state index contributed by atoms with van der Waals surface area (Å²) in [6, 6.07) is 12.9. The Morgan fingerprint density at radius 3 is 2.73 bits per heavy atom. The quantitative estimate of drug-likeness (QED) is 0.694. The maximum absolute atomic E-state index is 11.1. The highest BCUT2D eigenvalue weighted by Crippen LogP contribution is 2.34. The molecule has 1 N–H and O–H groups in total. The maximum atomic E-state index is 11.1. The van der Waals surface area contributed by atoms with Crippen molar-refractivity contribution in [3.8, 4) is 23.3 Å². The largest absolute Gasteiger partial charge is 0.457 e. The lowest BCUT2D eigenvalue weighted by atomic mass is 9.94. The average molecular weight is 368 g/mol. The van der Waals surface area contributed by atoms with E-state index < -0.39 is 5.60 Å². The van der Waals surface area contributed by atoms with E-state index in [-0.39, 0.29) is 6.54 Å². The van der Waals surface area contributed by atoms with Crippen molar-refractivity contribution >= 4 is 11.6 Å². The van der Waals surface area contributed by atoms with Crippen molar-refractivity contribution in [2.24, 2.45) is 0 Å². The molecule has 0 amide bonds. The summed E-state index contributed by atoms with van der Waals surface area (Å²) in [6.07, 6.45) is 2.92. The van der Waals surface area contributed by atoms with Crippen molar-refractivity contribution in [3.63, 3.8) is 0 Å². The first kappa shape index (κ1) is 18.0. The number of hydrogen-bond donors (Lipinski definition) is 1. The van der Waals surface area contributed by atoms with E-state index >= 15 is 0 Å². The van der Waals surface area contributed by atoms with Crippen molar-refractivity contribution in [2.45, 2.75) is 26.0 Å². The zero-order valence-corrected chi connectivity index (χ0v) is 15.2. The van der Waals surface area contributed by atoms with Gasteiger partial charge in [0.2, 0.25) is 0 Å². The van der Waals surface area contributed by atoms with Crippen LogP contribution in [0.25, 0.3) is 0 Å². The number of hydrogen-bond acceptors (Lipinski definition) is 4. The molecule has 3 aromatic rings. The second kappa shape index (κ2) is 7.61. The van der Waals surface area contributed by atoms with Crippen LogP contribution in [0.15, 0.2) is 55.1 Å². The number of benzene rings is 2. The first-order chi connectivity index (χ1) is 12.5. The molecule has 0 aliphatic heterocycles. The van der Waals surface area contributed by atoms with E-state index in [0.717, 1.165) is 11.3 Å². The fourth-order valence-corrected chi connectivity index (χ4v) is 2.97. The van der Waals surface area contributed by atoms with E-state index in [1.807, 2.05) is 31.2 Å². The van der Waals surface area contributed by atoms with Crippen LogP contribution in [-0.4, -0.2) is 19.9 Å². The first-order valence-electron chi connectivity index (χ1n) is 8.04. The van der Waals surface area contributed by atoms with E-state index in [0.29, 0.717) is 16.3 Å². The number of aromatic nitrogens is 3. The number of ether oxygens (including phenoxy) is 1. The minimum Gasteiger partial charge on any atom is -0.457 e. The molecule has 0 fully saturated rings. The minimum absolute atomic E-state index is 0.117. The van der Waals surface area contributed by atoms with Crippen LogP contribution in [-0.2, 0) is 12.1 Å². The second-order valence-electron chi connectivity index (χ2n) is 5.84. The third kappa shape index (κ3) is 3.88. The third-order valence-corrected chi connectivity index (χ3v) is 4.21. The highest BCUT2D eigenvalue weighted by atomic mass is 35.5. The molecule has 1 aromatic heterocycles. The van der Waals surface area contributed by atoms with Crippen LogP contribution in [0, 0.1) is 18.8 Å². The van der Waals surface area contributed by atoms with E-state index in [1.165, 1.54) is 17.3 Å². The highest BCUT2D eigenvalue weighted by molar-refractivity contribution is 6.31. The van der Waals surface area contributed by atoms with Crippen LogP contribution in [0.4, 0.5) is 0 Å². The Hall–Kier alpha value is -2.81. The normalized spacial score (nSPS) is 12.8. The zero-order chi connectivity index (χ0) is 18.6. The summed E-state index contributed by atoms with van der Waals surface area (Å²) < 4.78 is 7.41. The van der Waals surface area contributed by atoms with Gasteiger partial charge >= 0.3 is 0 Å². The Labute approximate surface area is 157 Å². The van der Waals surface area contributed by atoms with Crippen molar-refractivity contribution < 1.29 is 9.84 Å². The molecule has 0 aliphatic carbocycles. The summed E-state index contributed by atoms with van der Waals surface area (Å²) in [6.45, 7) is 3.75. The van der Waals surface area contributed by atoms with E-state index in [4.69, 9.17) is 16.3 Å². The molecule has 0 saturated heterocycles. The minimum atomic E-state index is -1.49. The molecule has 2 aromatic carbocycles. The Morgan fingerprint density at radius 1 is 1.27 bits per heavy atom. The van der Waals surface area contributed by atoms with Crippen LogP contribution >= 0.6 is 11.6 Å². The lowest BCUT2D eigenvalue weighted by Gasteiger charge is -2.24. The molecule has 26 heavy (non-hydrogen) atoms. The molecule has 1 atom stereocenters. The molecule has 1 unspecified atom stereocenters. The molecule has 0 radical (unpaired) electrons. The smallest absolute Gasteiger partial charge is 0.172 e. The summed E-state index contributed by atoms with van der Waals surface area (Å²) in [5.74, 6) is 6.92. The van der Waals surface area contributed by atoms with Gasteiger partial charge in [0.05, 0.1) is 11.6 Å². The molecule has 0 aliphatic rings. The third-order valence-electron chi connectivity index (χ3n) is 3.90. The molecule has 1 heterocycles. The van der Waals surface area contributed by atoms with Gasteiger partial charge in [-0.2, -0.15) is 5.10 Å². The van der Waals surface area contributed by atoms with Gasteiger partial charge in [0.1, 0.15) is 24.2 Å². The molecule has 6 heteroatoms. The molecule has 0 saturated carbocycles. The van der Waals surface area contributed by atoms with Crippen LogP contribution in [0.5, 0.6) is 11.5 Å². The van der Waals surface area contributed by atoms with E-state index in [9.17, 15) is 5.11 Å². The first-order valence-corrected chi connectivity index (χ1v) is 8.42. The van der Waals surface area contributed by atoms with Crippen molar-refractivity contribution in [3.05, 3.63) is 71.3 Å². The number of aliphatic hydroxyl groups is 1. The molecule has 0 bridgehead atoms. The van der Waals surface area contributed by atoms with Gasteiger partial charge in [0.15, 0.2) is 5.60 Å². The van der Waals surface area contributed by atoms with Gasteiger partial charge in [-0.05, 0) is 43.7 Å². The fraction of sp³-hybridized carbons (Fsp3) is 0.200. The Bertz CT molecular complexity index is 961. The number of aryl methyl sites for hydroxylation is 1. The van der Waals surface area contributed by atoms with Gasteiger partial charge in [0, 0.05) is 5.56 Å². The monoisotopic (exact) mass is 367 g/mol. The van der Waals surface area contributed by atoms with Crippen molar-refractivity contribution in [1.29, 1.82) is 0 Å². The molecule has 5 nitrogen and oxygen atoms in total. The second-order valence-corrected chi connectivity index (χ2v) is 6.24. The van der Waals surface area contributed by atoms with Crippen molar-refractivity contribution in [2.75, 3.05) is 0 Å². The number of para-hydroxylation sites is 1. The molecular weight excluding hydrogens is 350 g/mol. The standard InChI is InChI=1S/C20H18ClN3O2/c1-3-10-20(25,12-24-14-22-13-23-24)17-9-8-16(11-18(17)21)26-19-7-5-4-6-15(19)2/h4-9,11,13-14,25H,12H2,1-2H3. The SMILES string of the molecule is CC#CC(O)(Cn1cncn1)c1ccc(Oc2ccccc2C)cc1Cl. The molecular formula is C20H18ClN3O2. The van der Waals surface area contributed by atoms with Gasteiger partial charge in [0.25, 0.3) is 0 Å². The maximum Gasteiger partial charge on any atom is 0.172 e. The number of halogens is 1. The molecule has 132 valence electrons. The predicted molar refractivity (Wildman–Crippen MR) is 100 cm³/mol. The molecule has 0 spiro atoms. The summed E-state index contributed by atoms with van der Waals surface area (Å²) in [5, 5.41) is 15.5. The highest BCUT2D eigenvalue weighted by Gasteiger charge is 2.30. The van der Waals surface area contributed by atoms with Gasteiger partial charge in [-0.15, -0.1) is 5.92 Å². The van der Waals surface area contributed by atoms with Crippen LogP contribution in [0.2, 0.25) is 5.02 Å². The average Bonchev–Trinajstić information content (AvgIpc) is 3.10. The van der Waals surface area contributed by atoms with Gasteiger partial charge in [-0.3, -0.25) is 0 Å². The zero-order valence-electron chi connectivity index (χ0n) is 14.5. The number of rotatable bonds is 5. The topological polar surface area (TPSA) is 60.2 Å². The van der Waals surface area contributed by atoms with Gasteiger partial charge in [-0.1, -0.05) is 35.7 Å². The van der Waals surface area contributed by atoms with Crippen LogP contribution in [0.1, 0.15) is 18.1 Å². The number of nitrogens with zero attached hydrogens (tertiary/aromatic N) is 3. The Kier molecular flexibility index (Phi) is 5.27. The van der Waals surface area contributed by atoms with Crippen LogP contribution in [0.3, 0.4) is 0 Å². The van der Waals surface area contributed by atoms with Crippen molar-refractivity contribution in [1.82, 2.24) is 14.8 Å². The van der Waals surface area contributed by atoms with E-state index in [2.05, 4.69) is 21.9 Å². The molecule has 3 rings (SSSR count). The summed E-state index contributed by atoms with van der Waals surface area (Å²) in [4.78, 5) is 3.89. The van der Waals surface area contributed by atoms with E-state index in [1.54, 1.807) is 25.1 Å². The summed E-state index contributed by atoms with van der Waals surface area (Å²) in [5.41, 5.74) is 0.0224. The van der Waals surface area contributed by atoms with Gasteiger partial charge in [-0.25, -0.2) is 9.67 Å².